The molecule has 0 aliphatic carbocycles. The Labute approximate surface area is 137 Å². The van der Waals surface area contributed by atoms with Crippen LogP contribution in [0.1, 0.15) is 31.2 Å². The Hall–Kier alpha value is -2.56. The fourth-order valence-corrected chi connectivity index (χ4v) is 2.09. The summed E-state index contributed by atoms with van der Waals surface area (Å²) in [6, 6.07) is 5.64. The van der Waals surface area contributed by atoms with E-state index in [1.165, 1.54) is 0 Å². The lowest BCUT2D eigenvalue weighted by atomic mass is 10.2. The van der Waals surface area contributed by atoms with Crippen LogP contribution in [0.5, 0.6) is 11.5 Å². The quantitative estimate of drug-likeness (QED) is 0.711. The standard InChI is InChI=1S/C18H23N3O2/c1-4-6-9-19-15-11-14(5-2)21-12-18(15)23-13-16-17(22-3)8-7-10-20-16/h5,7-8,10-12H,2,4,6,9,13H2,1,3H3,(H,19,21). The lowest BCUT2D eigenvalue weighted by Gasteiger charge is -2.14. The number of unbranched alkanes of at least 4 members (excludes halogenated alkanes) is 1. The second-order valence-electron chi connectivity index (χ2n) is 5.03. The number of ether oxygens (including phenoxy) is 2. The van der Waals surface area contributed by atoms with Gasteiger partial charge >= 0.3 is 0 Å². The average Bonchev–Trinajstić information content (AvgIpc) is 2.61. The minimum Gasteiger partial charge on any atom is -0.495 e. The highest BCUT2D eigenvalue weighted by Crippen LogP contribution is 2.26. The molecule has 0 amide bonds. The molecule has 0 aliphatic heterocycles. The zero-order chi connectivity index (χ0) is 16.5. The molecule has 2 rings (SSSR count). The van der Waals surface area contributed by atoms with Crippen molar-refractivity contribution in [2.45, 2.75) is 26.4 Å². The SMILES string of the molecule is C=Cc1cc(NCCCC)c(OCc2ncccc2OC)cn1. The minimum atomic E-state index is 0.321. The molecule has 0 radical (unpaired) electrons. The number of aromatic nitrogens is 2. The fraction of sp³-hybridized carbons (Fsp3) is 0.333. The molecule has 23 heavy (non-hydrogen) atoms. The lowest BCUT2D eigenvalue weighted by molar-refractivity contribution is 0.291. The molecule has 0 atom stereocenters. The summed E-state index contributed by atoms with van der Waals surface area (Å²) in [5.74, 6) is 1.41. The first-order valence-corrected chi connectivity index (χ1v) is 7.75. The zero-order valence-corrected chi connectivity index (χ0v) is 13.7. The summed E-state index contributed by atoms with van der Waals surface area (Å²) in [4.78, 5) is 8.60. The molecule has 0 spiro atoms. The Kier molecular flexibility index (Phi) is 6.41. The molecule has 1 N–H and O–H groups in total. The molecular formula is C18H23N3O2. The minimum absolute atomic E-state index is 0.321. The Morgan fingerprint density at radius 1 is 1.30 bits per heavy atom. The van der Waals surface area contributed by atoms with E-state index in [1.54, 1.807) is 25.6 Å². The van der Waals surface area contributed by atoms with Crippen LogP contribution >= 0.6 is 0 Å². The normalized spacial score (nSPS) is 10.2. The van der Waals surface area contributed by atoms with Crippen LogP contribution in [0.4, 0.5) is 5.69 Å². The van der Waals surface area contributed by atoms with Gasteiger partial charge in [0.2, 0.25) is 0 Å². The summed E-state index contributed by atoms with van der Waals surface area (Å²) in [5.41, 5.74) is 2.48. The number of methoxy groups -OCH3 is 1. The third kappa shape index (κ3) is 4.71. The van der Waals surface area contributed by atoms with Crippen LogP contribution in [-0.4, -0.2) is 23.6 Å². The molecule has 2 heterocycles. The van der Waals surface area contributed by atoms with Gasteiger partial charge in [0.25, 0.3) is 0 Å². The molecule has 2 aromatic heterocycles. The second kappa shape index (κ2) is 8.78. The fourth-order valence-electron chi connectivity index (χ4n) is 2.09. The molecule has 0 unspecified atom stereocenters. The lowest BCUT2D eigenvalue weighted by Crippen LogP contribution is -2.06. The number of rotatable bonds is 9. The van der Waals surface area contributed by atoms with Gasteiger partial charge in [-0.2, -0.15) is 0 Å². The van der Waals surface area contributed by atoms with Crippen LogP contribution in [0.25, 0.3) is 6.08 Å². The van der Waals surface area contributed by atoms with E-state index in [9.17, 15) is 0 Å². The van der Waals surface area contributed by atoms with Gasteiger partial charge in [0, 0.05) is 12.7 Å². The maximum Gasteiger partial charge on any atom is 0.161 e. The molecule has 0 saturated carbocycles. The van der Waals surface area contributed by atoms with Crippen molar-refractivity contribution in [3.63, 3.8) is 0 Å². The number of anilines is 1. The van der Waals surface area contributed by atoms with Gasteiger partial charge in [-0.3, -0.25) is 9.97 Å². The van der Waals surface area contributed by atoms with E-state index in [1.807, 2.05) is 18.2 Å². The number of hydrogen-bond acceptors (Lipinski definition) is 5. The van der Waals surface area contributed by atoms with Crippen molar-refractivity contribution in [3.05, 3.63) is 48.6 Å². The molecule has 2 aromatic rings. The average molecular weight is 313 g/mol. The highest BCUT2D eigenvalue weighted by atomic mass is 16.5. The molecule has 0 bridgehead atoms. The Bertz CT molecular complexity index is 644. The summed E-state index contributed by atoms with van der Waals surface area (Å²) in [6.07, 6.45) is 7.38. The Balaban J connectivity index is 2.12. The highest BCUT2D eigenvalue weighted by Gasteiger charge is 2.09. The van der Waals surface area contributed by atoms with Crippen molar-refractivity contribution in [2.75, 3.05) is 19.0 Å². The molecule has 0 fully saturated rings. The van der Waals surface area contributed by atoms with E-state index in [2.05, 4.69) is 28.8 Å². The van der Waals surface area contributed by atoms with Crippen LogP contribution in [0, 0.1) is 0 Å². The molecular weight excluding hydrogens is 290 g/mol. The summed E-state index contributed by atoms with van der Waals surface area (Å²) >= 11 is 0. The predicted octanol–water partition coefficient (Wildman–Crippen LogP) is 3.92. The third-order valence-electron chi connectivity index (χ3n) is 3.38. The van der Waals surface area contributed by atoms with Crippen LogP contribution in [0.2, 0.25) is 0 Å². The predicted molar refractivity (Wildman–Crippen MR) is 92.8 cm³/mol. The van der Waals surface area contributed by atoms with Gasteiger partial charge in [-0.05, 0) is 30.7 Å². The van der Waals surface area contributed by atoms with Crippen LogP contribution in [-0.2, 0) is 6.61 Å². The molecule has 0 aromatic carbocycles. The van der Waals surface area contributed by atoms with Crippen molar-refractivity contribution in [2.24, 2.45) is 0 Å². The van der Waals surface area contributed by atoms with Gasteiger partial charge < -0.3 is 14.8 Å². The third-order valence-corrected chi connectivity index (χ3v) is 3.38. The topological polar surface area (TPSA) is 56.3 Å². The second-order valence-corrected chi connectivity index (χ2v) is 5.03. The monoisotopic (exact) mass is 313 g/mol. The molecule has 5 heteroatoms. The number of nitrogens with one attached hydrogen (secondary N) is 1. The van der Waals surface area contributed by atoms with E-state index < -0.39 is 0 Å². The van der Waals surface area contributed by atoms with Gasteiger partial charge in [-0.25, -0.2) is 0 Å². The van der Waals surface area contributed by atoms with Crippen LogP contribution in [0.3, 0.4) is 0 Å². The Morgan fingerprint density at radius 2 is 2.17 bits per heavy atom. The maximum absolute atomic E-state index is 5.89. The van der Waals surface area contributed by atoms with Crippen molar-refractivity contribution in [1.82, 2.24) is 9.97 Å². The van der Waals surface area contributed by atoms with Gasteiger partial charge in [0.1, 0.15) is 18.1 Å². The van der Waals surface area contributed by atoms with E-state index in [4.69, 9.17) is 9.47 Å². The first-order valence-electron chi connectivity index (χ1n) is 7.75. The van der Waals surface area contributed by atoms with E-state index in [-0.39, 0.29) is 0 Å². The van der Waals surface area contributed by atoms with Crippen LogP contribution in [0.15, 0.2) is 37.2 Å². The van der Waals surface area contributed by atoms with E-state index in [0.717, 1.165) is 36.5 Å². The van der Waals surface area contributed by atoms with Gasteiger partial charge in [-0.15, -0.1) is 0 Å². The molecule has 0 aliphatic rings. The smallest absolute Gasteiger partial charge is 0.161 e. The molecule has 0 saturated heterocycles. The first-order chi connectivity index (χ1) is 11.3. The summed E-state index contributed by atoms with van der Waals surface area (Å²) in [5, 5.41) is 3.39. The Morgan fingerprint density at radius 3 is 2.91 bits per heavy atom. The van der Waals surface area contributed by atoms with Gasteiger partial charge in [0.15, 0.2) is 5.75 Å². The summed E-state index contributed by atoms with van der Waals surface area (Å²) in [6.45, 7) is 7.13. The van der Waals surface area contributed by atoms with Gasteiger partial charge in [-0.1, -0.05) is 19.9 Å². The summed E-state index contributed by atoms with van der Waals surface area (Å²) in [7, 11) is 1.62. The maximum atomic E-state index is 5.89. The zero-order valence-electron chi connectivity index (χ0n) is 13.7. The van der Waals surface area contributed by atoms with Gasteiger partial charge in [0.05, 0.1) is 24.7 Å². The highest BCUT2D eigenvalue weighted by molar-refractivity contribution is 5.60. The van der Waals surface area contributed by atoms with Crippen LogP contribution < -0.4 is 14.8 Å². The van der Waals surface area contributed by atoms with Crippen molar-refractivity contribution in [1.29, 1.82) is 0 Å². The van der Waals surface area contributed by atoms with Crippen molar-refractivity contribution >= 4 is 11.8 Å². The van der Waals surface area contributed by atoms with E-state index in [0.29, 0.717) is 18.1 Å². The largest absolute Gasteiger partial charge is 0.495 e. The number of pyridine rings is 2. The molecule has 5 nitrogen and oxygen atoms in total. The number of nitrogens with zero attached hydrogens (tertiary/aromatic N) is 2. The number of hydrogen-bond donors (Lipinski definition) is 1. The summed E-state index contributed by atoms with van der Waals surface area (Å²) < 4.78 is 11.2. The van der Waals surface area contributed by atoms with E-state index >= 15 is 0 Å². The van der Waals surface area contributed by atoms with Crippen molar-refractivity contribution < 1.29 is 9.47 Å². The first kappa shape index (κ1) is 16.8. The molecule has 122 valence electrons. The van der Waals surface area contributed by atoms with Crippen molar-refractivity contribution in [3.8, 4) is 11.5 Å².